The number of alkyl halides is 3. The Bertz CT molecular complexity index is 1060. The first-order valence-electron chi connectivity index (χ1n) is 9.85. The van der Waals surface area contributed by atoms with E-state index in [2.05, 4.69) is 0 Å². The van der Waals surface area contributed by atoms with Gasteiger partial charge in [-0.1, -0.05) is 0 Å². The summed E-state index contributed by atoms with van der Waals surface area (Å²) in [7, 11) is -2.47. The summed E-state index contributed by atoms with van der Waals surface area (Å²) >= 11 is 0. The summed E-state index contributed by atoms with van der Waals surface area (Å²) in [5, 5.41) is 0. The maximum atomic E-state index is 12.9. The van der Waals surface area contributed by atoms with E-state index in [4.69, 9.17) is 9.47 Å². The molecule has 0 bridgehead atoms. The molecule has 32 heavy (non-hydrogen) atoms. The highest BCUT2D eigenvalue weighted by molar-refractivity contribution is 7.89. The van der Waals surface area contributed by atoms with E-state index in [-0.39, 0.29) is 37.0 Å². The van der Waals surface area contributed by atoms with Gasteiger partial charge in [-0.2, -0.15) is 17.5 Å². The van der Waals surface area contributed by atoms with Crippen LogP contribution in [0.15, 0.2) is 47.4 Å². The van der Waals surface area contributed by atoms with E-state index < -0.39 is 21.8 Å². The van der Waals surface area contributed by atoms with Crippen LogP contribution in [0, 0.1) is 0 Å². The molecule has 1 heterocycles. The number of benzene rings is 2. The number of methoxy groups -OCH3 is 1. The van der Waals surface area contributed by atoms with Gasteiger partial charge in [0, 0.05) is 31.7 Å². The number of ether oxygens (including phenoxy) is 2. The summed E-state index contributed by atoms with van der Waals surface area (Å²) in [4.78, 5) is 14.2. The number of piperazine rings is 1. The second-order valence-electron chi connectivity index (χ2n) is 7.02. The van der Waals surface area contributed by atoms with Gasteiger partial charge in [0.15, 0.2) is 11.5 Å². The Morgan fingerprint density at radius 1 is 1.00 bits per heavy atom. The summed E-state index contributed by atoms with van der Waals surface area (Å²) < 4.78 is 75.6. The van der Waals surface area contributed by atoms with Gasteiger partial charge in [-0.25, -0.2) is 8.42 Å². The van der Waals surface area contributed by atoms with Crippen LogP contribution in [0.3, 0.4) is 0 Å². The zero-order valence-electron chi connectivity index (χ0n) is 17.6. The fraction of sp³-hybridized carbons (Fsp3) is 0.381. The van der Waals surface area contributed by atoms with Crippen LogP contribution in [-0.2, 0) is 16.2 Å². The van der Waals surface area contributed by atoms with Crippen LogP contribution in [0.5, 0.6) is 11.5 Å². The summed E-state index contributed by atoms with van der Waals surface area (Å²) in [5.74, 6) is 0.653. The third-order valence-corrected chi connectivity index (χ3v) is 6.97. The molecule has 0 N–H and O–H groups in total. The predicted molar refractivity (Wildman–Crippen MR) is 110 cm³/mol. The molecule has 2 aromatic rings. The minimum absolute atomic E-state index is 0.0313. The standard InChI is InChI=1S/C21H23F3N2O5S/c1-3-31-19-14-15(4-9-18(19)30-2)20(27)25-10-12-26(13-11-25)32(28,29)17-7-5-16(6-8-17)21(22,23)24/h4-9,14H,3,10-13H2,1-2H3. The van der Waals surface area contributed by atoms with E-state index in [1.807, 2.05) is 6.92 Å². The molecule has 1 saturated heterocycles. The minimum Gasteiger partial charge on any atom is -0.493 e. The number of rotatable bonds is 6. The molecule has 1 amide bonds. The van der Waals surface area contributed by atoms with E-state index in [0.29, 0.717) is 23.7 Å². The number of sulfonamides is 1. The number of nitrogens with zero attached hydrogens (tertiary/aromatic N) is 2. The number of hydrogen-bond donors (Lipinski definition) is 0. The van der Waals surface area contributed by atoms with Crippen LogP contribution < -0.4 is 9.47 Å². The fourth-order valence-corrected chi connectivity index (χ4v) is 4.78. The van der Waals surface area contributed by atoms with Crippen molar-refractivity contribution < 1.29 is 35.9 Å². The average Bonchev–Trinajstić information content (AvgIpc) is 2.78. The Kier molecular flexibility index (Phi) is 6.99. The molecule has 0 aromatic heterocycles. The first kappa shape index (κ1) is 23.9. The zero-order chi connectivity index (χ0) is 23.5. The lowest BCUT2D eigenvalue weighted by Gasteiger charge is -2.34. The normalized spacial score (nSPS) is 15.5. The van der Waals surface area contributed by atoms with Crippen molar-refractivity contribution in [2.45, 2.75) is 18.0 Å². The van der Waals surface area contributed by atoms with Crippen molar-refractivity contribution in [3.63, 3.8) is 0 Å². The zero-order valence-corrected chi connectivity index (χ0v) is 18.4. The van der Waals surface area contributed by atoms with Crippen LogP contribution in [0.4, 0.5) is 13.2 Å². The summed E-state index contributed by atoms with van der Waals surface area (Å²) in [5.41, 5.74) is -0.536. The molecule has 174 valence electrons. The van der Waals surface area contributed by atoms with E-state index in [1.165, 1.54) is 16.3 Å². The van der Waals surface area contributed by atoms with Gasteiger partial charge in [-0.05, 0) is 49.4 Å². The average molecular weight is 472 g/mol. The number of hydrogen-bond acceptors (Lipinski definition) is 5. The number of halogens is 3. The van der Waals surface area contributed by atoms with Crippen molar-refractivity contribution in [2.75, 3.05) is 39.9 Å². The van der Waals surface area contributed by atoms with Crippen molar-refractivity contribution in [2.24, 2.45) is 0 Å². The third kappa shape index (κ3) is 4.99. The SMILES string of the molecule is CCOc1cc(C(=O)N2CCN(S(=O)(=O)c3ccc(C(F)(F)F)cc3)CC2)ccc1OC. The van der Waals surface area contributed by atoms with Crippen LogP contribution in [0.2, 0.25) is 0 Å². The first-order valence-corrected chi connectivity index (χ1v) is 11.3. The third-order valence-electron chi connectivity index (χ3n) is 5.06. The molecule has 0 saturated carbocycles. The Labute approximate surface area is 184 Å². The van der Waals surface area contributed by atoms with Gasteiger partial charge in [0.25, 0.3) is 5.91 Å². The lowest BCUT2D eigenvalue weighted by atomic mass is 10.1. The molecule has 0 aliphatic carbocycles. The van der Waals surface area contributed by atoms with Crippen LogP contribution >= 0.6 is 0 Å². The molecule has 0 radical (unpaired) electrons. The molecular weight excluding hydrogens is 449 g/mol. The van der Waals surface area contributed by atoms with E-state index >= 15 is 0 Å². The molecule has 3 rings (SSSR count). The highest BCUT2D eigenvalue weighted by atomic mass is 32.2. The molecule has 0 unspecified atom stereocenters. The van der Waals surface area contributed by atoms with Crippen LogP contribution in [0.1, 0.15) is 22.8 Å². The highest BCUT2D eigenvalue weighted by Crippen LogP contribution is 2.31. The molecular formula is C21H23F3N2O5S. The summed E-state index contributed by atoms with van der Waals surface area (Å²) in [6, 6.07) is 8.19. The van der Waals surface area contributed by atoms with Gasteiger partial charge < -0.3 is 14.4 Å². The van der Waals surface area contributed by atoms with Crippen LogP contribution in [-0.4, -0.2) is 63.4 Å². The van der Waals surface area contributed by atoms with E-state index in [0.717, 1.165) is 24.3 Å². The number of carbonyl (C=O) groups excluding carboxylic acids is 1. The van der Waals surface area contributed by atoms with Crippen LogP contribution in [0.25, 0.3) is 0 Å². The van der Waals surface area contributed by atoms with Crippen molar-refractivity contribution >= 4 is 15.9 Å². The first-order chi connectivity index (χ1) is 15.1. The summed E-state index contributed by atoms with van der Waals surface area (Å²) in [6.07, 6.45) is -4.54. The van der Waals surface area contributed by atoms with E-state index in [9.17, 15) is 26.4 Å². The Morgan fingerprint density at radius 2 is 1.62 bits per heavy atom. The monoisotopic (exact) mass is 472 g/mol. The molecule has 1 aliphatic rings. The minimum atomic E-state index is -4.54. The molecule has 2 aromatic carbocycles. The predicted octanol–water partition coefficient (Wildman–Crippen LogP) is 3.26. The second kappa shape index (κ2) is 9.37. The highest BCUT2D eigenvalue weighted by Gasteiger charge is 2.33. The Hall–Kier alpha value is -2.79. The number of amides is 1. The Morgan fingerprint density at radius 3 is 2.16 bits per heavy atom. The van der Waals surface area contributed by atoms with E-state index in [1.54, 1.807) is 18.2 Å². The summed E-state index contributed by atoms with van der Waals surface area (Å²) in [6.45, 7) is 2.56. The maximum Gasteiger partial charge on any atom is 0.416 e. The van der Waals surface area contributed by atoms with Crippen molar-refractivity contribution in [3.05, 3.63) is 53.6 Å². The van der Waals surface area contributed by atoms with Gasteiger partial charge in [0.1, 0.15) is 0 Å². The number of carbonyl (C=O) groups is 1. The maximum absolute atomic E-state index is 12.9. The molecule has 1 aliphatic heterocycles. The topological polar surface area (TPSA) is 76.2 Å². The van der Waals surface area contributed by atoms with Crippen molar-refractivity contribution in [1.82, 2.24) is 9.21 Å². The molecule has 7 nitrogen and oxygen atoms in total. The van der Waals surface area contributed by atoms with Crippen molar-refractivity contribution in [3.8, 4) is 11.5 Å². The molecule has 11 heteroatoms. The fourth-order valence-electron chi connectivity index (χ4n) is 3.36. The largest absolute Gasteiger partial charge is 0.493 e. The second-order valence-corrected chi connectivity index (χ2v) is 8.96. The Balaban J connectivity index is 1.69. The molecule has 1 fully saturated rings. The molecule has 0 atom stereocenters. The lowest BCUT2D eigenvalue weighted by molar-refractivity contribution is -0.137. The van der Waals surface area contributed by atoms with Crippen molar-refractivity contribution in [1.29, 1.82) is 0 Å². The lowest BCUT2D eigenvalue weighted by Crippen LogP contribution is -2.50. The van der Waals surface area contributed by atoms with Gasteiger partial charge >= 0.3 is 6.18 Å². The van der Waals surface area contributed by atoms with Gasteiger partial charge in [0.05, 0.1) is 24.2 Å². The van der Waals surface area contributed by atoms with Gasteiger partial charge in [-0.3, -0.25) is 4.79 Å². The van der Waals surface area contributed by atoms with Gasteiger partial charge in [-0.15, -0.1) is 0 Å². The quantitative estimate of drug-likeness (QED) is 0.645. The van der Waals surface area contributed by atoms with Gasteiger partial charge in [0.2, 0.25) is 10.0 Å². The molecule has 0 spiro atoms. The smallest absolute Gasteiger partial charge is 0.416 e.